The number of nitrogens with one attached hydrogen (secondary N) is 1. The van der Waals surface area contributed by atoms with E-state index in [1.165, 1.54) is 24.4 Å². The third kappa shape index (κ3) is 4.76. The minimum atomic E-state index is -0.534. The Morgan fingerprint density at radius 3 is 2.62 bits per heavy atom. The monoisotopic (exact) mass is 425 g/mol. The van der Waals surface area contributed by atoms with Crippen molar-refractivity contribution in [2.24, 2.45) is 10.1 Å². The SMILES string of the molecule is Cc1ccc(N=C(N/N=C/c2cc([N+](=O)[O-])ccc2O)c2ccc3ccccc3n2)cc1. The number of nitrogens with zero attached hydrogens (tertiary/aromatic N) is 4. The van der Waals surface area contributed by atoms with Crippen LogP contribution in [0.15, 0.2) is 89.0 Å². The van der Waals surface area contributed by atoms with E-state index in [-0.39, 0.29) is 17.0 Å². The van der Waals surface area contributed by atoms with Crippen LogP contribution in [0.25, 0.3) is 10.9 Å². The van der Waals surface area contributed by atoms with Crippen molar-refractivity contribution in [2.45, 2.75) is 6.92 Å². The van der Waals surface area contributed by atoms with Gasteiger partial charge in [-0.15, -0.1) is 0 Å². The summed E-state index contributed by atoms with van der Waals surface area (Å²) in [7, 11) is 0. The van der Waals surface area contributed by atoms with Crippen molar-refractivity contribution < 1.29 is 10.0 Å². The number of aliphatic imine (C=N–C) groups is 1. The average molecular weight is 425 g/mol. The minimum Gasteiger partial charge on any atom is -0.507 e. The smallest absolute Gasteiger partial charge is 0.270 e. The van der Waals surface area contributed by atoms with E-state index >= 15 is 0 Å². The van der Waals surface area contributed by atoms with Crippen LogP contribution in [0.1, 0.15) is 16.8 Å². The van der Waals surface area contributed by atoms with Crippen LogP contribution in [-0.4, -0.2) is 27.1 Å². The summed E-state index contributed by atoms with van der Waals surface area (Å²) in [5, 5.41) is 26.1. The standard InChI is InChI=1S/C24H19N5O3/c1-16-6-9-19(10-7-16)26-24(22-12-8-17-4-2-3-5-21(17)27-22)28-25-15-18-14-20(29(31)32)11-13-23(18)30/h2-15,30H,1H3,(H,26,28)/b25-15+. The summed E-state index contributed by atoms with van der Waals surface area (Å²) in [5.41, 5.74) is 6.13. The van der Waals surface area contributed by atoms with Crippen molar-refractivity contribution in [2.75, 3.05) is 0 Å². The van der Waals surface area contributed by atoms with Crippen LogP contribution in [0, 0.1) is 17.0 Å². The summed E-state index contributed by atoms with van der Waals surface area (Å²) in [5.74, 6) is 0.266. The first-order valence-electron chi connectivity index (χ1n) is 9.77. The molecule has 32 heavy (non-hydrogen) atoms. The molecule has 4 rings (SSSR count). The number of aromatic hydroxyl groups is 1. The highest BCUT2D eigenvalue weighted by Gasteiger charge is 2.10. The number of para-hydroxylation sites is 1. The first-order valence-corrected chi connectivity index (χ1v) is 9.77. The molecule has 8 heteroatoms. The number of hydrazone groups is 1. The molecular weight excluding hydrogens is 406 g/mol. The molecule has 0 saturated heterocycles. The van der Waals surface area contributed by atoms with E-state index in [4.69, 9.17) is 0 Å². The van der Waals surface area contributed by atoms with Gasteiger partial charge in [0.15, 0.2) is 5.84 Å². The van der Waals surface area contributed by atoms with Gasteiger partial charge >= 0.3 is 0 Å². The van der Waals surface area contributed by atoms with Crippen LogP contribution < -0.4 is 5.43 Å². The van der Waals surface area contributed by atoms with Gasteiger partial charge in [0.25, 0.3) is 5.69 Å². The number of amidine groups is 1. The summed E-state index contributed by atoms with van der Waals surface area (Å²) in [6.07, 6.45) is 1.30. The third-order valence-electron chi connectivity index (χ3n) is 4.71. The zero-order valence-corrected chi connectivity index (χ0v) is 17.1. The van der Waals surface area contributed by atoms with E-state index in [2.05, 4.69) is 20.5 Å². The zero-order chi connectivity index (χ0) is 22.5. The molecule has 0 saturated carbocycles. The lowest BCUT2D eigenvalue weighted by Crippen LogP contribution is -2.20. The molecule has 0 aliphatic heterocycles. The van der Waals surface area contributed by atoms with Crippen LogP contribution >= 0.6 is 0 Å². The van der Waals surface area contributed by atoms with Crippen LogP contribution in [0.4, 0.5) is 11.4 Å². The molecule has 1 aromatic heterocycles. The molecule has 0 aliphatic carbocycles. The molecule has 0 atom stereocenters. The molecule has 0 amide bonds. The van der Waals surface area contributed by atoms with E-state index in [9.17, 15) is 15.2 Å². The number of nitro benzene ring substituents is 1. The lowest BCUT2D eigenvalue weighted by Gasteiger charge is -2.07. The lowest BCUT2D eigenvalue weighted by molar-refractivity contribution is -0.384. The number of benzene rings is 3. The van der Waals surface area contributed by atoms with E-state index < -0.39 is 4.92 Å². The number of aromatic nitrogens is 1. The first-order chi connectivity index (χ1) is 15.5. The van der Waals surface area contributed by atoms with Gasteiger partial charge in [0.05, 0.1) is 22.3 Å². The topological polar surface area (TPSA) is 113 Å². The zero-order valence-electron chi connectivity index (χ0n) is 17.1. The highest BCUT2D eigenvalue weighted by molar-refractivity contribution is 6.00. The Balaban J connectivity index is 1.69. The number of hydrogen-bond donors (Lipinski definition) is 2. The van der Waals surface area contributed by atoms with Gasteiger partial charge < -0.3 is 5.11 Å². The molecule has 0 aliphatic rings. The average Bonchev–Trinajstić information content (AvgIpc) is 2.80. The van der Waals surface area contributed by atoms with Gasteiger partial charge in [-0.05, 0) is 37.3 Å². The molecule has 0 bridgehead atoms. The van der Waals surface area contributed by atoms with Gasteiger partial charge in [-0.3, -0.25) is 15.5 Å². The van der Waals surface area contributed by atoms with Crippen LogP contribution in [0.5, 0.6) is 5.75 Å². The molecular formula is C24H19N5O3. The Labute approximate surface area is 183 Å². The Morgan fingerprint density at radius 1 is 1.06 bits per heavy atom. The van der Waals surface area contributed by atoms with Crippen molar-refractivity contribution in [3.8, 4) is 5.75 Å². The van der Waals surface area contributed by atoms with Gasteiger partial charge in [0.1, 0.15) is 11.4 Å². The van der Waals surface area contributed by atoms with Crippen molar-refractivity contribution in [3.05, 3.63) is 106 Å². The quantitative estimate of drug-likeness (QED) is 0.205. The first kappa shape index (κ1) is 20.7. The predicted molar refractivity (Wildman–Crippen MR) is 125 cm³/mol. The number of hydrogen-bond acceptors (Lipinski definition) is 6. The van der Waals surface area contributed by atoms with E-state index in [1.54, 1.807) is 0 Å². The number of fused-ring (bicyclic) bond motifs is 1. The number of aryl methyl sites for hydroxylation is 1. The molecule has 8 nitrogen and oxygen atoms in total. The van der Waals surface area contributed by atoms with Crippen LogP contribution in [-0.2, 0) is 0 Å². The second kappa shape index (κ2) is 9.05. The highest BCUT2D eigenvalue weighted by atomic mass is 16.6. The Kier molecular flexibility index (Phi) is 5.85. The van der Waals surface area contributed by atoms with Crippen LogP contribution in [0.3, 0.4) is 0 Å². The fourth-order valence-electron chi connectivity index (χ4n) is 3.01. The predicted octanol–water partition coefficient (Wildman–Crippen LogP) is 4.86. The Hall–Kier alpha value is -4.59. The third-order valence-corrected chi connectivity index (χ3v) is 4.71. The summed E-state index contributed by atoms with van der Waals surface area (Å²) in [6, 6.07) is 22.9. The van der Waals surface area contributed by atoms with E-state index in [0.717, 1.165) is 16.5 Å². The second-order valence-electron chi connectivity index (χ2n) is 7.06. The van der Waals surface area contributed by atoms with E-state index in [1.807, 2.05) is 67.6 Å². The number of phenols is 1. The minimum absolute atomic E-state index is 0.123. The number of pyridine rings is 1. The number of phenolic OH excluding ortho intramolecular Hbond substituents is 1. The van der Waals surface area contributed by atoms with Gasteiger partial charge in [-0.2, -0.15) is 5.10 Å². The highest BCUT2D eigenvalue weighted by Crippen LogP contribution is 2.21. The summed E-state index contributed by atoms with van der Waals surface area (Å²) >= 11 is 0. The lowest BCUT2D eigenvalue weighted by atomic mass is 10.2. The second-order valence-corrected chi connectivity index (χ2v) is 7.06. The largest absolute Gasteiger partial charge is 0.507 e. The maximum Gasteiger partial charge on any atom is 0.270 e. The summed E-state index contributed by atoms with van der Waals surface area (Å²) < 4.78 is 0. The molecule has 0 unspecified atom stereocenters. The summed E-state index contributed by atoms with van der Waals surface area (Å²) in [6.45, 7) is 1.99. The normalized spacial score (nSPS) is 11.7. The molecule has 1 heterocycles. The molecule has 3 aromatic carbocycles. The summed E-state index contributed by atoms with van der Waals surface area (Å²) in [4.78, 5) is 19.8. The number of nitro groups is 1. The van der Waals surface area contributed by atoms with Crippen LogP contribution in [0.2, 0.25) is 0 Å². The van der Waals surface area contributed by atoms with Gasteiger partial charge in [-0.1, -0.05) is 42.0 Å². The molecule has 0 radical (unpaired) electrons. The molecule has 158 valence electrons. The van der Waals surface area contributed by atoms with Crippen molar-refractivity contribution in [3.63, 3.8) is 0 Å². The Bertz CT molecular complexity index is 1350. The van der Waals surface area contributed by atoms with Crippen molar-refractivity contribution >= 4 is 34.3 Å². The number of non-ortho nitro benzene ring substituents is 1. The fourth-order valence-corrected chi connectivity index (χ4v) is 3.01. The fraction of sp³-hybridized carbons (Fsp3) is 0.0417. The molecule has 2 N–H and O–H groups in total. The Morgan fingerprint density at radius 2 is 1.84 bits per heavy atom. The van der Waals surface area contributed by atoms with E-state index in [0.29, 0.717) is 17.2 Å². The van der Waals surface area contributed by atoms with Crippen molar-refractivity contribution in [1.29, 1.82) is 0 Å². The van der Waals surface area contributed by atoms with Gasteiger partial charge in [0.2, 0.25) is 0 Å². The number of rotatable bonds is 5. The van der Waals surface area contributed by atoms with Gasteiger partial charge in [-0.25, -0.2) is 9.98 Å². The maximum atomic E-state index is 11.0. The molecule has 0 spiro atoms. The molecule has 4 aromatic rings. The maximum absolute atomic E-state index is 11.0. The molecule has 0 fully saturated rings. The van der Waals surface area contributed by atoms with Crippen molar-refractivity contribution in [1.82, 2.24) is 10.4 Å². The van der Waals surface area contributed by atoms with Gasteiger partial charge in [0, 0.05) is 23.1 Å².